The van der Waals surface area contributed by atoms with E-state index >= 15 is 0 Å². The molecule has 1 N–H and O–H groups in total. The van der Waals surface area contributed by atoms with Crippen LogP contribution in [0, 0.1) is 15.9 Å². The lowest BCUT2D eigenvalue weighted by Gasteiger charge is -2.36. The fraction of sp³-hybridized carbons (Fsp3) is 0.368. The predicted octanol–water partition coefficient (Wildman–Crippen LogP) is 2.30. The van der Waals surface area contributed by atoms with Gasteiger partial charge < -0.3 is 14.7 Å². The monoisotopic (exact) mass is 375 g/mol. The number of aliphatic hydroxyl groups is 1. The van der Waals surface area contributed by atoms with E-state index in [0.717, 1.165) is 31.9 Å². The van der Waals surface area contributed by atoms with E-state index in [1.807, 2.05) is 0 Å². The SMILES string of the molecule is O=[N+]([O-])c1ccccc1OCC(O)CN1CCN(c2ccc(F)cc2)CC1. The molecule has 0 aliphatic carbocycles. The lowest BCUT2D eigenvalue weighted by molar-refractivity contribution is -0.385. The number of nitrogens with zero attached hydrogens (tertiary/aromatic N) is 3. The molecule has 1 fully saturated rings. The number of β-amino-alcohol motifs (C(OH)–C–C–N with tert-alkyl or cyclic N) is 1. The van der Waals surface area contributed by atoms with Gasteiger partial charge in [0.25, 0.3) is 0 Å². The van der Waals surface area contributed by atoms with Crippen LogP contribution in [0.1, 0.15) is 0 Å². The van der Waals surface area contributed by atoms with Gasteiger partial charge in [0, 0.05) is 44.5 Å². The van der Waals surface area contributed by atoms with Crippen LogP contribution in [0.5, 0.6) is 5.75 Å². The van der Waals surface area contributed by atoms with Crippen molar-refractivity contribution < 1.29 is 19.2 Å². The Bertz CT molecular complexity index is 764. The van der Waals surface area contributed by atoms with Gasteiger partial charge in [-0.25, -0.2) is 4.39 Å². The van der Waals surface area contributed by atoms with Crippen molar-refractivity contribution in [3.63, 3.8) is 0 Å². The lowest BCUT2D eigenvalue weighted by atomic mass is 10.2. The molecule has 8 heteroatoms. The second-order valence-corrected chi connectivity index (χ2v) is 6.45. The smallest absolute Gasteiger partial charge is 0.310 e. The minimum Gasteiger partial charge on any atom is -0.484 e. The van der Waals surface area contributed by atoms with Crippen LogP contribution in [-0.2, 0) is 0 Å². The van der Waals surface area contributed by atoms with E-state index in [1.165, 1.54) is 24.3 Å². The van der Waals surface area contributed by atoms with E-state index in [-0.39, 0.29) is 23.9 Å². The number of para-hydroxylation sites is 2. The van der Waals surface area contributed by atoms with Gasteiger partial charge in [-0.05, 0) is 30.3 Å². The summed E-state index contributed by atoms with van der Waals surface area (Å²) in [6.45, 7) is 3.51. The molecule has 0 spiro atoms. The average molecular weight is 375 g/mol. The van der Waals surface area contributed by atoms with Gasteiger partial charge >= 0.3 is 5.69 Å². The highest BCUT2D eigenvalue weighted by Crippen LogP contribution is 2.26. The predicted molar refractivity (Wildman–Crippen MR) is 99.7 cm³/mol. The number of nitro benzene ring substituents is 1. The van der Waals surface area contributed by atoms with Gasteiger partial charge in [-0.1, -0.05) is 12.1 Å². The topological polar surface area (TPSA) is 79.1 Å². The van der Waals surface area contributed by atoms with Crippen LogP contribution in [0.15, 0.2) is 48.5 Å². The Morgan fingerprint density at radius 1 is 1.11 bits per heavy atom. The summed E-state index contributed by atoms with van der Waals surface area (Å²) >= 11 is 0. The van der Waals surface area contributed by atoms with Crippen LogP contribution in [0.25, 0.3) is 0 Å². The fourth-order valence-corrected chi connectivity index (χ4v) is 3.11. The largest absolute Gasteiger partial charge is 0.484 e. The third-order valence-electron chi connectivity index (χ3n) is 4.53. The van der Waals surface area contributed by atoms with Crippen LogP contribution in [0.3, 0.4) is 0 Å². The summed E-state index contributed by atoms with van der Waals surface area (Å²) in [4.78, 5) is 14.8. The molecule has 0 aromatic heterocycles. The van der Waals surface area contributed by atoms with E-state index in [1.54, 1.807) is 24.3 Å². The van der Waals surface area contributed by atoms with Crippen molar-refractivity contribution in [2.75, 3.05) is 44.2 Å². The molecule has 0 radical (unpaired) electrons. The lowest BCUT2D eigenvalue weighted by Crippen LogP contribution is -2.49. The molecule has 7 nitrogen and oxygen atoms in total. The fourth-order valence-electron chi connectivity index (χ4n) is 3.11. The number of halogens is 1. The normalized spacial score (nSPS) is 16.1. The first-order valence-corrected chi connectivity index (χ1v) is 8.80. The maximum absolute atomic E-state index is 13.0. The van der Waals surface area contributed by atoms with Crippen molar-refractivity contribution in [3.05, 3.63) is 64.5 Å². The molecule has 27 heavy (non-hydrogen) atoms. The van der Waals surface area contributed by atoms with Crippen LogP contribution in [0.4, 0.5) is 15.8 Å². The van der Waals surface area contributed by atoms with Crippen LogP contribution in [0.2, 0.25) is 0 Å². The van der Waals surface area contributed by atoms with Crippen LogP contribution >= 0.6 is 0 Å². The Labute approximate surface area is 156 Å². The summed E-state index contributed by atoms with van der Waals surface area (Å²) in [6, 6.07) is 12.5. The third kappa shape index (κ3) is 5.15. The summed E-state index contributed by atoms with van der Waals surface area (Å²) in [5, 5.41) is 21.2. The van der Waals surface area contributed by atoms with Crippen molar-refractivity contribution >= 4 is 11.4 Å². The van der Waals surface area contributed by atoms with E-state index in [4.69, 9.17) is 4.74 Å². The molecule has 1 aliphatic rings. The van der Waals surface area contributed by atoms with Crippen molar-refractivity contribution in [3.8, 4) is 5.75 Å². The number of hydrogen-bond acceptors (Lipinski definition) is 6. The van der Waals surface area contributed by atoms with Crippen molar-refractivity contribution in [2.24, 2.45) is 0 Å². The van der Waals surface area contributed by atoms with Crippen molar-refractivity contribution in [1.82, 2.24) is 4.90 Å². The van der Waals surface area contributed by atoms with Crippen LogP contribution < -0.4 is 9.64 Å². The third-order valence-corrected chi connectivity index (χ3v) is 4.53. The molecule has 0 bridgehead atoms. The molecule has 144 valence electrons. The second-order valence-electron chi connectivity index (χ2n) is 6.45. The molecule has 2 aromatic rings. The maximum Gasteiger partial charge on any atom is 0.310 e. The van der Waals surface area contributed by atoms with Crippen molar-refractivity contribution in [2.45, 2.75) is 6.10 Å². The summed E-state index contributed by atoms with van der Waals surface area (Å²) < 4.78 is 18.5. The Morgan fingerprint density at radius 2 is 1.78 bits per heavy atom. The highest BCUT2D eigenvalue weighted by Gasteiger charge is 2.21. The maximum atomic E-state index is 13.0. The van der Waals surface area contributed by atoms with E-state index < -0.39 is 11.0 Å². The highest BCUT2D eigenvalue weighted by atomic mass is 19.1. The van der Waals surface area contributed by atoms with E-state index in [0.29, 0.717) is 6.54 Å². The van der Waals surface area contributed by atoms with Gasteiger partial charge in [0.05, 0.1) is 4.92 Å². The summed E-state index contributed by atoms with van der Waals surface area (Å²) in [7, 11) is 0. The first-order chi connectivity index (χ1) is 13.0. The number of aliphatic hydroxyl groups excluding tert-OH is 1. The quantitative estimate of drug-likeness (QED) is 0.591. The minimum atomic E-state index is -0.748. The summed E-state index contributed by atoms with van der Waals surface area (Å²) in [5.74, 6) is -0.0955. The summed E-state index contributed by atoms with van der Waals surface area (Å²) in [6.07, 6.45) is -0.748. The summed E-state index contributed by atoms with van der Waals surface area (Å²) in [5.41, 5.74) is 0.869. The molecule has 0 amide bonds. The number of hydrogen-bond donors (Lipinski definition) is 1. The number of rotatable bonds is 7. The molecule has 1 heterocycles. The molecule has 0 saturated carbocycles. The molecule has 2 aromatic carbocycles. The standard InChI is InChI=1S/C19H22FN3O4/c20-15-5-7-16(8-6-15)22-11-9-21(10-12-22)13-17(24)14-27-19-4-2-1-3-18(19)23(25)26/h1-8,17,24H,9-14H2. The number of nitro groups is 1. The molecule has 1 aliphatic heterocycles. The van der Waals surface area contributed by atoms with Crippen LogP contribution in [-0.4, -0.2) is 60.4 Å². The van der Waals surface area contributed by atoms with Gasteiger partial charge in [0.1, 0.15) is 18.5 Å². The Kier molecular flexibility index (Phi) is 6.20. The van der Waals surface area contributed by atoms with Gasteiger partial charge in [-0.2, -0.15) is 0 Å². The second kappa shape index (κ2) is 8.79. The molecule has 1 unspecified atom stereocenters. The van der Waals surface area contributed by atoms with E-state index in [2.05, 4.69) is 9.80 Å². The minimum absolute atomic E-state index is 0.0109. The highest BCUT2D eigenvalue weighted by molar-refractivity contribution is 5.47. The molecule has 1 atom stereocenters. The number of anilines is 1. The van der Waals surface area contributed by atoms with E-state index in [9.17, 15) is 19.6 Å². The Hall–Kier alpha value is -2.71. The first-order valence-electron chi connectivity index (χ1n) is 8.80. The number of ether oxygens (including phenoxy) is 1. The first kappa shape index (κ1) is 19.1. The Morgan fingerprint density at radius 3 is 2.44 bits per heavy atom. The molecular formula is C19H22FN3O4. The molecular weight excluding hydrogens is 353 g/mol. The zero-order valence-corrected chi connectivity index (χ0v) is 14.8. The number of piperazine rings is 1. The molecule has 1 saturated heterocycles. The zero-order valence-electron chi connectivity index (χ0n) is 14.8. The van der Waals surface area contributed by atoms with Gasteiger partial charge in [0.2, 0.25) is 0 Å². The average Bonchev–Trinajstić information content (AvgIpc) is 2.68. The van der Waals surface area contributed by atoms with Gasteiger partial charge in [0.15, 0.2) is 5.75 Å². The number of benzene rings is 2. The molecule has 3 rings (SSSR count). The van der Waals surface area contributed by atoms with Crippen molar-refractivity contribution in [1.29, 1.82) is 0 Å². The zero-order chi connectivity index (χ0) is 19.2. The van der Waals surface area contributed by atoms with Gasteiger partial charge in [-0.3, -0.25) is 15.0 Å². The van der Waals surface area contributed by atoms with Gasteiger partial charge in [-0.15, -0.1) is 0 Å². The Balaban J connectivity index is 1.45.